The van der Waals surface area contributed by atoms with Crippen molar-refractivity contribution in [3.8, 4) is 17.6 Å². The van der Waals surface area contributed by atoms with E-state index >= 15 is 0 Å². The van der Waals surface area contributed by atoms with Crippen molar-refractivity contribution < 1.29 is 4.74 Å². The Hall–Kier alpha value is -2.31. The third-order valence-corrected chi connectivity index (χ3v) is 2.86. The molecule has 2 aromatic carbocycles. The molecule has 0 amide bonds. The Morgan fingerprint density at radius 3 is 2.63 bits per heavy atom. The molecule has 96 valence electrons. The summed E-state index contributed by atoms with van der Waals surface area (Å²) in [7, 11) is 1.88. The lowest BCUT2D eigenvalue weighted by Gasteiger charge is -2.10. The van der Waals surface area contributed by atoms with Gasteiger partial charge in [0.2, 0.25) is 0 Å². The molecule has 0 fully saturated rings. The molecule has 0 heterocycles. The van der Waals surface area contributed by atoms with Gasteiger partial charge in [-0.1, -0.05) is 24.3 Å². The summed E-state index contributed by atoms with van der Waals surface area (Å²) in [5, 5.41) is 12.3. The number of hydrogen-bond donors (Lipinski definition) is 1. The molecule has 2 rings (SSSR count). The van der Waals surface area contributed by atoms with Gasteiger partial charge in [-0.05, 0) is 43.3 Å². The number of ether oxygens (including phenoxy) is 1. The molecule has 3 heteroatoms. The summed E-state index contributed by atoms with van der Waals surface area (Å²) in [6.07, 6.45) is 0. The van der Waals surface area contributed by atoms with Crippen molar-refractivity contribution in [2.75, 3.05) is 7.05 Å². The summed E-state index contributed by atoms with van der Waals surface area (Å²) in [5.74, 6) is 1.37. The van der Waals surface area contributed by atoms with Gasteiger partial charge in [-0.3, -0.25) is 0 Å². The Bertz CT molecular complexity index is 614. The van der Waals surface area contributed by atoms with Gasteiger partial charge in [0.05, 0.1) is 5.56 Å². The highest BCUT2D eigenvalue weighted by Crippen LogP contribution is 2.28. The second kappa shape index (κ2) is 6.03. The molecule has 0 aliphatic carbocycles. The summed E-state index contributed by atoms with van der Waals surface area (Å²) in [6, 6.07) is 15.6. The molecule has 2 aromatic rings. The molecule has 1 N–H and O–H groups in total. The minimum absolute atomic E-state index is 0.552. The highest BCUT2D eigenvalue weighted by atomic mass is 16.5. The number of nitrogens with one attached hydrogen (secondary N) is 1. The van der Waals surface area contributed by atoms with Crippen LogP contribution in [0.1, 0.15) is 16.7 Å². The third kappa shape index (κ3) is 3.12. The Labute approximate surface area is 113 Å². The standard InChI is InChI=1S/C16H16N2O/c1-12-5-3-4-6-15(12)19-16-8-7-13(11-18-2)9-14(16)10-17/h3-9,18H,11H2,1-2H3. The van der Waals surface area contributed by atoms with Crippen molar-refractivity contribution in [1.29, 1.82) is 5.26 Å². The zero-order chi connectivity index (χ0) is 13.7. The molecule has 0 radical (unpaired) electrons. The molecule has 0 atom stereocenters. The number of benzene rings is 2. The molecule has 0 unspecified atom stereocenters. The van der Waals surface area contributed by atoms with Gasteiger partial charge in [-0.15, -0.1) is 0 Å². The van der Waals surface area contributed by atoms with E-state index in [1.807, 2.05) is 56.4 Å². The monoisotopic (exact) mass is 252 g/mol. The van der Waals surface area contributed by atoms with Crippen molar-refractivity contribution >= 4 is 0 Å². The highest BCUT2D eigenvalue weighted by molar-refractivity contribution is 5.48. The molecular formula is C16H16N2O. The van der Waals surface area contributed by atoms with Gasteiger partial charge in [0.1, 0.15) is 17.6 Å². The normalized spacial score (nSPS) is 9.95. The summed E-state index contributed by atoms with van der Waals surface area (Å²) < 4.78 is 5.82. The molecule has 0 aromatic heterocycles. The number of rotatable bonds is 4. The predicted octanol–water partition coefficient (Wildman–Crippen LogP) is 3.38. The van der Waals surface area contributed by atoms with Gasteiger partial charge >= 0.3 is 0 Å². The zero-order valence-corrected chi connectivity index (χ0v) is 11.1. The lowest BCUT2D eigenvalue weighted by atomic mass is 10.1. The van der Waals surface area contributed by atoms with Crippen LogP contribution in [0.3, 0.4) is 0 Å². The Morgan fingerprint density at radius 1 is 1.16 bits per heavy atom. The van der Waals surface area contributed by atoms with Crippen LogP contribution in [0, 0.1) is 18.3 Å². The molecule has 0 saturated carbocycles. The number of nitrogens with zero attached hydrogens (tertiary/aromatic N) is 1. The molecular weight excluding hydrogens is 236 g/mol. The zero-order valence-electron chi connectivity index (χ0n) is 11.1. The van der Waals surface area contributed by atoms with Gasteiger partial charge in [0, 0.05) is 6.54 Å². The first-order valence-electron chi connectivity index (χ1n) is 6.15. The van der Waals surface area contributed by atoms with Crippen LogP contribution in [-0.2, 0) is 6.54 Å². The second-order valence-corrected chi connectivity index (χ2v) is 4.34. The Morgan fingerprint density at radius 2 is 1.95 bits per heavy atom. The van der Waals surface area contributed by atoms with Crippen LogP contribution in [-0.4, -0.2) is 7.05 Å². The lowest BCUT2D eigenvalue weighted by Crippen LogP contribution is -2.05. The van der Waals surface area contributed by atoms with E-state index in [1.54, 1.807) is 0 Å². The van der Waals surface area contributed by atoms with Crippen molar-refractivity contribution in [1.82, 2.24) is 5.32 Å². The fourth-order valence-electron chi connectivity index (χ4n) is 1.86. The van der Waals surface area contributed by atoms with Crippen LogP contribution in [0.15, 0.2) is 42.5 Å². The van der Waals surface area contributed by atoms with Crippen molar-refractivity contribution in [2.24, 2.45) is 0 Å². The molecule has 0 saturated heterocycles. The minimum atomic E-state index is 0.552. The number of para-hydroxylation sites is 1. The van der Waals surface area contributed by atoms with E-state index in [1.165, 1.54) is 0 Å². The Balaban J connectivity index is 2.31. The first-order chi connectivity index (χ1) is 9.24. The predicted molar refractivity (Wildman–Crippen MR) is 75.2 cm³/mol. The van der Waals surface area contributed by atoms with E-state index < -0.39 is 0 Å². The van der Waals surface area contributed by atoms with Crippen LogP contribution in [0.4, 0.5) is 0 Å². The molecule has 3 nitrogen and oxygen atoms in total. The van der Waals surface area contributed by atoms with Crippen molar-refractivity contribution in [3.05, 3.63) is 59.2 Å². The third-order valence-electron chi connectivity index (χ3n) is 2.86. The van der Waals surface area contributed by atoms with Crippen LogP contribution in [0.5, 0.6) is 11.5 Å². The number of aryl methyl sites for hydroxylation is 1. The maximum atomic E-state index is 9.21. The smallest absolute Gasteiger partial charge is 0.145 e. The van der Waals surface area contributed by atoms with Gasteiger partial charge in [-0.25, -0.2) is 0 Å². The van der Waals surface area contributed by atoms with E-state index in [9.17, 15) is 5.26 Å². The molecule has 0 aliphatic rings. The second-order valence-electron chi connectivity index (χ2n) is 4.34. The van der Waals surface area contributed by atoms with E-state index in [0.717, 1.165) is 23.4 Å². The molecule has 0 spiro atoms. The van der Waals surface area contributed by atoms with Gasteiger partial charge in [0.15, 0.2) is 0 Å². The minimum Gasteiger partial charge on any atom is -0.456 e. The van der Waals surface area contributed by atoms with Crippen LogP contribution in [0.2, 0.25) is 0 Å². The van der Waals surface area contributed by atoms with Crippen LogP contribution >= 0.6 is 0 Å². The number of hydrogen-bond acceptors (Lipinski definition) is 3. The quantitative estimate of drug-likeness (QED) is 0.907. The van der Waals surface area contributed by atoms with Gasteiger partial charge in [-0.2, -0.15) is 5.26 Å². The van der Waals surface area contributed by atoms with Gasteiger partial charge < -0.3 is 10.1 Å². The summed E-state index contributed by atoms with van der Waals surface area (Å²) in [5.41, 5.74) is 2.66. The maximum Gasteiger partial charge on any atom is 0.145 e. The summed E-state index contributed by atoms with van der Waals surface area (Å²) in [6.45, 7) is 2.72. The SMILES string of the molecule is CNCc1ccc(Oc2ccccc2C)c(C#N)c1. The van der Waals surface area contributed by atoms with E-state index in [-0.39, 0.29) is 0 Å². The van der Waals surface area contributed by atoms with E-state index in [0.29, 0.717) is 11.3 Å². The van der Waals surface area contributed by atoms with E-state index in [4.69, 9.17) is 4.74 Å². The van der Waals surface area contributed by atoms with Crippen molar-refractivity contribution in [3.63, 3.8) is 0 Å². The van der Waals surface area contributed by atoms with Gasteiger partial charge in [0.25, 0.3) is 0 Å². The number of nitriles is 1. The fraction of sp³-hybridized carbons (Fsp3) is 0.188. The molecule has 0 bridgehead atoms. The van der Waals surface area contributed by atoms with E-state index in [2.05, 4.69) is 11.4 Å². The maximum absolute atomic E-state index is 9.21. The summed E-state index contributed by atoms with van der Waals surface area (Å²) >= 11 is 0. The molecule has 19 heavy (non-hydrogen) atoms. The lowest BCUT2D eigenvalue weighted by molar-refractivity contribution is 0.477. The highest BCUT2D eigenvalue weighted by Gasteiger charge is 2.07. The van der Waals surface area contributed by atoms with Crippen LogP contribution < -0.4 is 10.1 Å². The summed E-state index contributed by atoms with van der Waals surface area (Å²) in [4.78, 5) is 0. The first kappa shape index (κ1) is 13.1. The largest absolute Gasteiger partial charge is 0.456 e. The topological polar surface area (TPSA) is 45.0 Å². The van der Waals surface area contributed by atoms with Crippen LogP contribution in [0.25, 0.3) is 0 Å². The fourth-order valence-corrected chi connectivity index (χ4v) is 1.86. The average Bonchev–Trinajstić information content (AvgIpc) is 2.43. The average molecular weight is 252 g/mol. The molecule has 0 aliphatic heterocycles. The Kier molecular flexibility index (Phi) is 4.17. The first-order valence-corrected chi connectivity index (χ1v) is 6.15. The van der Waals surface area contributed by atoms with Crippen molar-refractivity contribution in [2.45, 2.75) is 13.5 Å².